The lowest BCUT2D eigenvalue weighted by atomic mass is 9.85. The van der Waals surface area contributed by atoms with Crippen molar-refractivity contribution in [3.05, 3.63) is 69.2 Å². The van der Waals surface area contributed by atoms with Crippen molar-refractivity contribution in [2.75, 3.05) is 39.3 Å². The van der Waals surface area contributed by atoms with Crippen LogP contribution in [-0.2, 0) is 36.4 Å². The third-order valence-corrected chi connectivity index (χ3v) is 12.2. The van der Waals surface area contributed by atoms with Crippen molar-refractivity contribution in [1.82, 2.24) is 9.80 Å². The van der Waals surface area contributed by atoms with Gasteiger partial charge < -0.3 is 14.5 Å². The molecule has 0 bridgehead atoms. The molecule has 0 radical (unpaired) electrons. The zero-order chi connectivity index (χ0) is 26.3. The van der Waals surface area contributed by atoms with Gasteiger partial charge in [0.25, 0.3) is 0 Å². The van der Waals surface area contributed by atoms with E-state index in [-0.39, 0.29) is 16.6 Å². The van der Waals surface area contributed by atoms with Crippen molar-refractivity contribution in [2.45, 2.75) is 61.0 Å². The number of halogens is 2. The molecule has 1 saturated carbocycles. The molecule has 1 spiro atoms. The summed E-state index contributed by atoms with van der Waals surface area (Å²) in [6.45, 7) is 4.34. The second-order valence-electron chi connectivity index (χ2n) is 11.4. The van der Waals surface area contributed by atoms with Crippen LogP contribution in [0.1, 0.15) is 61.6 Å². The lowest BCUT2D eigenvalue weighted by Crippen LogP contribution is -2.54. The summed E-state index contributed by atoms with van der Waals surface area (Å²) in [6.07, 6.45) is 6.85. The van der Waals surface area contributed by atoms with Crippen LogP contribution in [0.5, 0.6) is 0 Å². The summed E-state index contributed by atoms with van der Waals surface area (Å²) in [5.74, 6) is 1.10. The SMILES string of the molecule is O=C(C1CCCC1)N1CCO[C@](CCN2CCC3(CC2)c2ccccc2CS3=O)(c2ccc(Cl)c(Cl)c2)C1. The molecule has 5 nitrogen and oxygen atoms in total. The summed E-state index contributed by atoms with van der Waals surface area (Å²) in [7, 11) is -0.865. The predicted octanol–water partition coefficient (Wildman–Crippen LogP) is 5.88. The monoisotopic (exact) mass is 574 g/mol. The van der Waals surface area contributed by atoms with Gasteiger partial charge >= 0.3 is 0 Å². The Kier molecular flexibility index (Phi) is 7.64. The van der Waals surface area contributed by atoms with E-state index in [1.54, 1.807) is 0 Å². The zero-order valence-corrected chi connectivity index (χ0v) is 24.1. The highest BCUT2D eigenvalue weighted by atomic mass is 35.5. The molecule has 2 aromatic carbocycles. The number of morpholine rings is 1. The second kappa shape index (κ2) is 10.9. The van der Waals surface area contributed by atoms with Gasteiger partial charge in [-0.05, 0) is 74.0 Å². The van der Waals surface area contributed by atoms with Crippen LogP contribution < -0.4 is 0 Å². The molecule has 1 amide bonds. The Labute approximate surface area is 238 Å². The average Bonchev–Trinajstić information content (AvgIpc) is 3.57. The normalized spacial score (nSPS) is 27.6. The fourth-order valence-corrected chi connectivity index (χ4v) is 9.31. The number of carbonyl (C=O) groups is 1. The number of nitrogens with zero attached hydrogens (tertiary/aromatic N) is 2. The van der Waals surface area contributed by atoms with E-state index in [0.717, 1.165) is 70.1 Å². The maximum atomic E-state index is 13.4. The van der Waals surface area contributed by atoms with E-state index in [1.807, 2.05) is 23.1 Å². The number of piperidine rings is 1. The van der Waals surface area contributed by atoms with Gasteiger partial charge in [0.1, 0.15) is 5.60 Å². The molecule has 1 aliphatic carbocycles. The van der Waals surface area contributed by atoms with Gasteiger partial charge in [-0.15, -0.1) is 0 Å². The Bertz CT molecular complexity index is 1230. The number of hydrogen-bond acceptors (Lipinski definition) is 4. The number of rotatable bonds is 5. The van der Waals surface area contributed by atoms with Gasteiger partial charge in [0.2, 0.25) is 5.91 Å². The van der Waals surface area contributed by atoms with Gasteiger partial charge in [-0.3, -0.25) is 9.00 Å². The van der Waals surface area contributed by atoms with E-state index in [0.29, 0.717) is 35.5 Å². The highest BCUT2D eigenvalue weighted by Gasteiger charge is 2.47. The quantitative estimate of drug-likeness (QED) is 0.447. The van der Waals surface area contributed by atoms with Crippen molar-refractivity contribution in [3.63, 3.8) is 0 Å². The molecule has 4 aliphatic rings. The Hall–Kier alpha value is -1.44. The van der Waals surface area contributed by atoms with E-state index in [9.17, 15) is 9.00 Å². The van der Waals surface area contributed by atoms with Crippen LogP contribution in [0.15, 0.2) is 42.5 Å². The molecular weight excluding hydrogens is 539 g/mol. The first-order valence-electron chi connectivity index (χ1n) is 14.0. The lowest BCUT2D eigenvalue weighted by molar-refractivity contribution is -0.158. The largest absolute Gasteiger partial charge is 0.367 e. The maximum Gasteiger partial charge on any atom is 0.225 e. The molecule has 38 heavy (non-hydrogen) atoms. The van der Waals surface area contributed by atoms with Gasteiger partial charge in [-0.1, -0.05) is 66.4 Å². The first-order valence-corrected chi connectivity index (χ1v) is 16.1. The summed E-state index contributed by atoms with van der Waals surface area (Å²) in [4.78, 5) is 17.9. The fourth-order valence-electron chi connectivity index (χ4n) is 7.12. The molecule has 204 valence electrons. The highest BCUT2D eigenvalue weighted by molar-refractivity contribution is 7.85. The fraction of sp³-hybridized carbons (Fsp3) is 0.567. The lowest BCUT2D eigenvalue weighted by Gasteiger charge is -2.46. The first-order chi connectivity index (χ1) is 18.4. The van der Waals surface area contributed by atoms with Crippen LogP contribution in [0.4, 0.5) is 0 Å². The number of fused-ring (bicyclic) bond motifs is 2. The topological polar surface area (TPSA) is 49.9 Å². The van der Waals surface area contributed by atoms with E-state index in [4.69, 9.17) is 27.9 Å². The predicted molar refractivity (Wildman–Crippen MR) is 153 cm³/mol. The minimum absolute atomic E-state index is 0.146. The Morgan fingerprint density at radius 2 is 1.79 bits per heavy atom. The molecule has 3 aliphatic heterocycles. The van der Waals surface area contributed by atoms with Gasteiger partial charge in [-0.25, -0.2) is 0 Å². The van der Waals surface area contributed by atoms with Crippen LogP contribution in [-0.4, -0.2) is 59.2 Å². The summed E-state index contributed by atoms with van der Waals surface area (Å²) in [5, 5.41) is 1.03. The minimum atomic E-state index is -0.865. The Balaban J connectivity index is 1.19. The molecule has 2 saturated heterocycles. The van der Waals surface area contributed by atoms with Gasteiger partial charge in [0.15, 0.2) is 0 Å². The van der Waals surface area contributed by atoms with Crippen molar-refractivity contribution < 1.29 is 13.7 Å². The van der Waals surface area contributed by atoms with E-state index >= 15 is 0 Å². The molecular formula is C30H36Cl2N2O3S. The van der Waals surface area contributed by atoms with E-state index in [1.165, 1.54) is 11.1 Å². The molecule has 8 heteroatoms. The molecule has 3 fully saturated rings. The molecule has 0 N–H and O–H groups in total. The second-order valence-corrected chi connectivity index (χ2v) is 14.0. The summed E-state index contributed by atoms with van der Waals surface area (Å²) in [5.41, 5.74) is 2.90. The van der Waals surface area contributed by atoms with Crippen molar-refractivity contribution >= 4 is 39.9 Å². The number of likely N-dealkylation sites (tertiary alicyclic amines) is 1. The van der Waals surface area contributed by atoms with E-state index in [2.05, 4.69) is 29.2 Å². The smallest absolute Gasteiger partial charge is 0.225 e. The third kappa shape index (κ3) is 4.85. The summed E-state index contributed by atoms with van der Waals surface area (Å²) in [6, 6.07) is 14.2. The zero-order valence-electron chi connectivity index (χ0n) is 21.8. The Morgan fingerprint density at radius 1 is 1.03 bits per heavy atom. The highest BCUT2D eigenvalue weighted by Crippen LogP contribution is 2.47. The van der Waals surface area contributed by atoms with Crippen LogP contribution in [0.25, 0.3) is 0 Å². The van der Waals surface area contributed by atoms with Crippen LogP contribution in [0, 0.1) is 5.92 Å². The van der Waals surface area contributed by atoms with Crippen LogP contribution in [0.2, 0.25) is 10.0 Å². The molecule has 3 heterocycles. The van der Waals surface area contributed by atoms with Crippen molar-refractivity contribution in [3.8, 4) is 0 Å². The van der Waals surface area contributed by atoms with Crippen LogP contribution >= 0.6 is 23.2 Å². The molecule has 6 rings (SSSR count). The Morgan fingerprint density at radius 3 is 2.55 bits per heavy atom. The van der Waals surface area contributed by atoms with Crippen molar-refractivity contribution in [1.29, 1.82) is 0 Å². The average molecular weight is 576 g/mol. The molecule has 0 aromatic heterocycles. The summed E-state index contributed by atoms with van der Waals surface area (Å²) < 4.78 is 19.6. The van der Waals surface area contributed by atoms with Crippen molar-refractivity contribution in [2.24, 2.45) is 5.92 Å². The number of carbonyl (C=O) groups excluding carboxylic acids is 1. The van der Waals surface area contributed by atoms with Gasteiger partial charge in [-0.2, -0.15) is 0 Å². The van der Waals surface area contributed by atoms with Gasteiger partial charge in [0, 0.05) is 35.6 Å². The maximum absolute atomic E-state index is 13.4. The van der Waals surface area contributed by atoms with E-state index < -0.39 is 16.4 Å². The standard InChI is InChI=1S/C30H36Cl2N2O3S/c31-26-10-9-24(19-27(26)32)29(21-34(17-18-37-29)28(35)22-5-1-2-6-22)11-14-33-15-12-30(13-16-33)25-8-4-3-7-23(25)20-38(30)36/h3-4,7-10,19,22H,1-2,5-6,11-18,20-21H2/t29-,38?/m0/s1. The first kappa shape index (κ1) is 26.8. The third-order valence-electron chi connectivity index (χ3n) is 9.37. The van der Waals surface area contributed by atoms with Crippen LogP contribution in [0.3, 0.4) is 0 Å². The number of ether oxygens (including phenoxy) is 1. The molecule has 2 atom stereocenters. The minimum Gasteiger partial charge on any atom is -0.367 e. The molecule has 1 unspecified atom stereocenters. The number of hydrogen-bond donors (Lipinski definition) is 0. The summed E-state index contributed by atoms with van der Waals surface area (Å²) >= 11 is 12.7. The number of amides is 1. The number of benzene rings is 2. The van der Waals surface area contributed by atoms with Gasteiger partial charge in [0.05, 0.1) is 27.9 Å². The molecule has 2 aromatic rings.